The van der Waals surface area contributed by atoms with Gasteiger partial charge in [0.2, 0.25) is 0 Å². The van der Waals surface area contributed by atoms with Crippen LogP contribution in [0, 0.1) is 6.92 Å². The molecule has 2 N–H and O–H groups in total. The molecule has 5 heteroatoms. The average molecular weight is 364 g/mol. The van der Waals surface area contributed by atoms with E-state index in [2.05, 4.69) is 18.3 Å². The number of halogens is 1. The van der Waals surface area contributed by atoms with Gasteiger partial charge in [-0.2, -0.15) is 0 Å². The molecule has 0 unspecified atom stereocenters. The molecular weight excluding hydrogens is 338 g/mol. The molecule has 136 valence electrons. The van der Waals surface area contributed by atoms with Crippen LogP contribution in [0.25, 0.3) is 0 Å². The lowest BCUT2D eigenvalue weighted by molar-refractivity contribution is 0.187. The van der Waals surface area contributed by atoms with E-state index < -0.39 is 0 Å². The predicted molar refractivity (Wildman–Crippen MR) is 102 cm³/mol. The van der Waals surface area contributed by atoms with Crippen LogP contribution in [0.15, 0.2) is 36.4 Å². The summed E-state index contributed by atoms with van der Waals surface area (Å²) in [6, 6.07) is 11.7. The molecule has 0 aliphatic heterocycles. The zero-order valence-corrected chi connectivity index (χ0v) is 16.0. The zero-order chi connectivity index (χ0) is 18.4. The summed E-state index contributed by atoms with van der Waals surface area (Å²) in [5.74, 6) is 1.25. The SMILES string of the molecule is COc1cc(CNC(C)(C)CO)c(Cl)cc1OCc1ccccc1C. The molecule has 2 aromatic rings. The Morgan fingerprint density at radius 3 is 2.48 bits per heavy atom. The summed E-state index contributed by atoms with van der Waals surface area (Å²) >= 11 is 6.41. The Kier molecular flexibility index (Phi) is 6.71. The van der Waals surface area contributed by atoms with Gasteiger partial charge in [0.1, 0.15) is 6.61 Å². The van der Waals surface area contributed by atoms with Gasteiger partial charge in [-0.05, 0) is 43.5 Å². The molecular formula is C20H26ClNO3. The summed E-state index contributed by atoms with van der Waals surface area (Å²) in [4.78, 5) is 0. The standard InChI is InChI=1S/C20H26ClNO3/c1-14-7-5-6-8-15(14)12-25-19-10-17(21)16(9-18(19)24-4)11-22-20(2,3)13-23/h5-10,22-23H,11-13H2,1-4H3. The van der Waals surface area contributed by atoms with Crippen molar-refractivity contribution in [3.63, 3.8) is 0 Å². The van der Waals surface area contributed by atoms with E-state index in [4.69, 9.17) is 21.1 Å². The fourth-order valence-corrected chi connectivity index (χ4v) is 2.52. The normalized spacial score (nSPS) is 11.4. The van der Waals surface area contributed by atoms with Crippen LogP contribution >= 0.6 is 11.6 Å². The van der Waals surface area contributed by atoms with Crippen molar-refractivity contribution in [3.8, 4) is 11.5 Å². The van der Waals surface area contributed by atoms with E-state index in [-0.39, 0.29) is 12.1 Å². The molecule has 2 aromatic carbocycles. The van der Waals surface area contributed by atoms with Crippen molar-refractivity contribution in [2.75, 3.05) is 13.7 Å². The number of methoxy groups -OCH3 is 1. The highest BCUT2D eigenvalue weighted by atomic mass is 35.5. The molecule has 0 saturated heterocycles. The van der Waals surface area contributed by atoms with Gasteiger partial charge in [-0.25, -0.2) is 0 Å². The van der Waals surface area contributed by atoms with E-state index in [1.165, 1.54) is 5.56 Å². The molecule has 25 heavy (non-hydrogen) atoms. The maximum absolute atomic E-state index is 9.35. The Morgan fingerprint density at radius 1 is 1.12 bits per heavy atom. The number of aryl methyl sites for hydroxylation is 1. The van der Waals surface area contributed by atoms with Gasteiger partial charge in [-0.3, -0.25) is 0 Å². The van der Waals surface area contributed by atoms with Crippen molar-refractivity contribution in [1.29, 1.82) is 0 Å². The lowest BCUT2D eigenvalue weighted by atomic mass is 10.1. The molecule has 4 nitrogen and oxygen atoms in total. The van der Waals surface area contributed by atoms with Crippen LogP contribution in [-0.2, 0) is 13.2 Å². The highest BCUT2D eigenvalue weighted by Crippen LogP contribution is 2.34. The molecule has 2 rings (SSSR count). The predicted octanol–water partition coefficient (Wildman–Crippen LogP) is 4.10. The molecule has 0 heterocycles. The second-order valence-electron chi connectivity index (χ2n) is 6.71. The molecule has 0 amide bonds. The van der Waals surface area contributed by atoms with E-state index in [9.17, 15) is 5.11 Å². The molecule has 0 saturated carbocycles. The van der Waals surface area contributed by atoms with Crippen LogP contribution in [-0.4, -0.2) is 24.4 Å². The minimum atomic E-state index is -0.378. The number of hydrogen-bond donors (Lipinski definition) is 2. The maximum Gasteiger partial charge on any atom is 0.163 e. The van der Waals surface area contributed by atoms with Gasteiger partial charge in [-0.1, -0.05) is 35.9 Å². The van der Waals surface area contributed by atoms with E-state index in [0.29, 0.717) is 29.7 Å². The first-order valence-electron chi connectivity index (χ1n) is 8.26. The highest BCUT2D eigenvalue weighted by Gasteiger charge is 2.17. The van der Waals surface area contributed by atoms with Crippen molar-refractivity contribution in [2.45, 2.75) is 39.5 Å². The first-order chi connectivity index (χ1) is 11.9. The van der Waals surface area contributed by atoms with Crippen LogP contribution in [0.4, 0.5) is 0 Å². The number of benzene rings is 2. The second kappa shape index (κ2) is 8.56. The number of aliphatic hydroxyl groups excluding tert-OH is 1. The third-order valence-corrected chi connectivity index (χ3v) is 4.48. The van der Waals surface area contributed by atoms with Crippen molar-refractivity contribution in [3.05, 3.63) is 58.1 Å². The van der Waals surface area contributed by atoms with Crippen molar-refractivity contribution in [2.24, 2.45) is 0 Å². The van der Waals surface area contributed by atoms with Gasteiger partial charge in [0.25, 0.3) is 0 Å². The maximum atomic E-state index is 9.35. The fourth-order valence-electron chi connectivity index (χ4n) is 2.30. The molecule has 0 atom stereocenters. The summed E-state index contributed by atoms with van der Waals surface area (Å²) in [5.41, 5.74) is 2.82. The Balaban J connectivity index is 2.14. The van der Waals surface area contributed by atoms with Gasteiger partial charge in [-0.15, -0.1) is 0 Å². The Morgan fingerprint density at radius 2 is 1.84 bits per heavy atom. The Hall–Kier alpha value is -1.75. The van der Waals surface area contributed by atoms with E-state index in [1.54, 1.807) is 13.2 Å². The Labute approximate surface area is 154 Å². The minimum Gasteiger partial charge on any atom is -0.493 e. The van der Waals surface area contributed by atoms with Crippen molar-refractivity contribution in [1.82, 2.24) is 5.32 Å². The first kappa shape index (κ1) is 19.6. The van der Waals surface area contributed by atoms with E-state index >= 15 is 0 Å². The molecule has 0 bridgehead atoms. The summed E-state index contributed by atoms with van der Waals surface area (Å²) in [6.45, 7) is 6.94. The third-order valence-electron chi connectivity index (χ3n) is 4.13. The van der Waals surface area contributed by atoms with Crippen LogP contribution in [0.2, 0.25) is 5.02 Å². The topological polar surface area (TPSA) is 50.7 Å². The fraction of sp³-hybridized carbons (Fsp3) is 0.400. The summed E-state index contributed by atoms with van der Waals surface area (Å²) < 4.78 is 11.4. The quantitative estimate of drug-likeness (QED) is 0.741. The van der Waals surface area contributed by atoms with Gasteiger partial charge in [0.05, 0.1) is 13.7 Å². The van der Waals surface area contributed by atoms with E-state index in [0.717, 1.165) is 11.1 Å². The number of hydrogen-bond acceptors (Lipinski definition) is 4. The minimum absolute atomic E-state index is 0.0410. The zero-order valence-electron chi connectivity index (χ0n) is 15.2. The number of nitrogens with one attached hydrogen (secondary N) is 1. The molecule has 0 fully saturated rings. The lowest BCUT2D eigenvalue weighted by Gasteiger charge is -2.24. The van der Waals surface area contributed by atoms with Gasteiger partial charge < -0.3 is 19.9 Å². The van der Waals surface area contributed by atoms with Crippen molar-refractivity contribution < 1.29 is 14.6 Å². The molecule has 0 radical (unpaired) electrons. The van der Waals surface area contributed by atoms with Crippen LogP contribution in [0.5, 0.6) is 11.5 Å². The molecule has 0 aliphatic rings. The number of ether oxygens (including phenoxy) is 2. The van der Waals surface area contributed by atoms with Gasteiger partial charge in [0, 0.05) is 23.2 Å². The molecule has 0 aromatic heterocycles. The third kappa shape index (κ3) is 5.36. The first-order valence-corrected chi connectivity index (χ1v) is 8.63. The van der Waals surface area contributed by atoms with Crippen LogP contribution in [0.3, 0.4) is 0 Å². The largest absolute Gasteiger partial charge is 0.493 e. The summed E-state index contributed by atoms with van der Waals surface area (Å²) in [6.07, 6.45) is 0. The average Bonchev–Trinajstić information content (AvgIpc) is 2.60. The van der Waals surface area contributed by atoms with E-state index in [1.807, 2.05) is 38.1 Å². The summed E-state index contributed by atoms with van der Waals surface area (Å²) in [5, 5.41) is 13.2. The summed E-state index contributed by atoms with van der Waals surface area (Å²) in [7, 11) is 1.61. The smallest absolute Gasteiger partial charge is 0.163 e. The Bertz CT molecular complexity index is 716. The second-order valence-corrected chi connectivity index (χ2v) is 7.11. The van der Waals surface area contributed by atoms with Crippen molar-refractivity contribution >= 4 is 11.6 Å². The van der Waals surface area contributed by atoms with Gasteiger partial charge in [0.15, 0.2) is 11.5 Å². The van der Waals surface area contributed by atoms with Crippen LogP contribution in [0.1, 0.15) is 30.5 Å². The highest BCUT2D eigenvalue weighted by molar-refractivity contribution is 6.31. The number of aliphatic hydroxyl groups is 1. The number of rotatable bonds is 8. The van der Waals surface area contributed by atoms with Gasteiger partial charge >= 0.3 is 0 Å². The molecule has 0 aliphatic carbocycles. The monoisotopic (exact) mass is 363 g/mol. The lowest BCUT2D eigenvalue weighted by Crippen LogP contribution is -2.42. The van der Waals surface area contributed by atoms with Crippen LogP contribution < -0.4 is 14.8 Å². The molecule has 0 spiro atoms.